The molecule has 5 aromatic rings. The number of benzene rings is 3. The van der Waals surface area contributed by atoms with Crippen molar-refractivity contribution in [2.24, 2.45) is 5.92 Å². The number of aromatic nitrogens is 4. The summed E-state index contributed by atoms with van der Waals surface area (Å²) in [5.41, 5.74) is 6.21. The Hall–Kier alpha value is -5.62. The topological polar surface area (TPSA) is 200 Å². The van der Waals surface area contributed by atoms with E-state index in [0.717, 1.165) is 16.7 Å². The third-order valence-corrected chi connectivity index (χ3v) is 10.9. The molecule has 6 atom stereocenters. The molecule has 16 heteroatoms. The van der Waals surface area contributed by atoms with E-state index in [2.05, 4.69) is 20.8 Å². The van der Waals surface area contributed by atoms with Gasteiger partial charge >= 0.3 is 11.4 Å². The fraction of sp³-hybridized carbons (Fsp3) is 0.381. The Labute approximate surface area is 333 Å². The number of aryl methyl sites for hydroxylation is 2. The first-order valence-corrected chi connectivity index (χ1v) is 19.1. The molecule has 2 saturated heterocycles. The van der Waals surface area contributed by atoms with Crippen LogP contribution in [0, 0.1) is 19.8 Å². The molecule has 0 radical (unpaired) electrons. The monoisotopic (exact) mass is 796 g/mol. The maximum atomic E-state index is 13.1. The van der Waals surface area contributed by atoms with Gasteiger partial charge in [-0.25, -0.2) is 15.0 Å². The number of methoxy groups -OCH3 is 2. The first kappa shape index (κ1) is 40.6. The summed E-state index contributed by atoms with van der Waals surface area (Å²) in [6.07, 6.45) is 0.239. The van der Waals surface area contributed by atoms with Crippen LogP contribution in [0.1, 0.15) is 59.5 Å². The zero-order valence-corrected chi connectivity index (χ0v) is 32.7. The number of nitrogens with one attached hydrogen (secondary N) is 4. The molecule has 2 aromatic heterocycles. The number of aliphatic hydroxyl groups excluding tert-OH is 1. The van der Waals surface area contributed by atoms with Crippen molar-refractivity contribution in [1.82, 2.24) is 30.0 Å². The van der Waals surface area contributed by atoms with E-state index in [1.807, 2.05) is 78.9 Å². The second kappa shape index (κ2) is 17.5. The molecule has 4 heterocycles. The average Bonchev–Trinajstić information content (AvgIpc) is 3.82. The molecule has 0 spiro atoms. The summed E-state index contributed by atoms with van der Waals surface area (Å²) in [6.45, 7) is 3.72. The number of aromatic amines is 2. The summed E-state index contributed by atoms with van der Waals surface area (Å²) in [7, 11) is 3.23. The van der Waals surface area contributed by atoms with Crippen molar-refractivity contribution >= 4 is 0 Å². The zero-order chi connectivity index (χ0) is 41.0. The summed E-state index contributed by atoms with van der Waals surface area (Å²) in [6, 6.07) is 25.4. The van der Waals surface area contributed by atoms with Gasteiger partial charge < -0.3 is 28.8 Å². The molecule has 7 rings (SSSR count). The van der Waals surface area contributed by atoms with Gasteiger partial charge in [0, 0.05) is 36.5 Å². The highest BCUT2D eigenvalue weighted by Gasteiger charge is 2.43. The van der Waals surface area contributed by atoms with Crippen molar-refractivity contribution < 1.29 is 28.8 Å². The molecule has 5 N–H and O–H groups in total. The van der Waals surface area contributed by atoms with E-state index in [1.54, 1.807) is 28.1 Å². The number of nitrogens with zero attached hydrogens (tertiary/aromatic N) is 2. The Bertz CT molecular complexity index is 2360. The number of hydrogen-bond donors (Lipinski definition) is 5. The molecule has 0 aliphatic carbocycles. The minimum absolute atomic E-state index is 0.109. The van der Waals surface area contributed by atoms with Gasteiger partial charge in [-0.2, -0.15) is 0 Å². The standard InChI is InChI=1S/C42H48N6O10/c1-25-22-47(40(52)44-37(25)50)35-20-27(18-19-43-46-39-33(49)21-36(58-39)48-23-26(2)38(51)45-41(48)53)34(57-35)24-56-42(28-8-6-5-7-9-28,29-10-14-31(54-3)15-11-29)30-12-16-32(55-4)17-13-30/h5-17,22-23,27,33-36,39,43,46,49H,18-21,24H2,1-4H3,(H,44,50,52)(H,45,51,53)/t27-,33?,34+,35+,36?,39?/m0/s1. The summed E-state index contributed by atoms with van der Waals surface area (Å²) in [5, 5.41) is 10.8. The second-order valence-electron chi connectivity index (χ2n) is 14.6. The van der Waals surface area contributed by atoms with Crippen molar-refractivity contribution in [2.75, 3.05) is 27.4 Å². The first-order valence-electron chi connectivity index (χ1n) is 19.1. The quantitative estimate of drug-likeness (QED) is 0.0591. The molecular formula is C42H48N6O10. The van der Waals surface area contributed by atoms with Gasteiger partial charge in [-0.3, -0.25) is 34.1 Å². The smallest absolute Gasteiger partial charge is 0.330 e. The lowest BCUT2D eigenvalue weighted by atomic mass is 9.80. The molecule has 3 aromatic carbocycles. The van der Waals surface area contributed by atoms with Crippen molar-refractivity contribution in [3.05, 3.63) is 161 Å². The average molecular weight is 797 g/mol. The maximum Gasteiger partial charge on any atom is 0.330 e. The van der Waals surface area contributed by atoms with E-state index >= 15 is 0 Å². The van der Waals surface area contributed by atoms with Gasteiger partial charge in [-0.05, 0) is 73.6 Å². The van der Waals surface area contributed by atoms with Gasteiger partial charge in [0.15, 0.2) is 0 Å². The van der Waals surface area contributed by atoms with Gasteiger partial charge in [0.05, 0.1) is 33.0 Å². The second-order valence-corrected chi connectivity index (χ2v) is 14.6. The number of hydrazine groups is 1. The molecular weight excluding hydrogens is 748 g/mol. The molecule has 2 aliphatic heterocycles. The highest BCUT2D eigenvalue weighted by Crippen LogP contribution is 2.43. The Morgan fingerprint density at radius 1 is 0.741 bits per heavy atom. The molecule has 2 fully saturated rings. The fourth-order valence-electron chi connectivity index (χ4n) is 7.70. The Morgan fingerprint density at radius 3 is 1.79 bits per heavy atom. The number of rotatable bonds is 15. The van der Waals surface area contributed by atoms with E-state index in [9.17, 15) is 24.3 Å². The Morgan fingerprint density at radius 2 is 1.26 bits per heavy atom. The lowest BCUT2D eigenvalue weighted by molar-refractivity contribution is -0.0854. The van der Waals surface area contributed by atoms with E-state index in [0.29, 0.717) is 42.0 Å². The predicted octanol–water partition coefficient (Wildman–Crippen LogP) is 2.72. The van der Waals surface area contributed by atoms with Gasteiger partial charge in [-0.1, -0.05) is 54.6 Å². The summed E-state index contributed by atoms with van der Waals surface area (Å²) < 4.78 is 33.5. The predicted molar refractivity (Wildman–Crippen MR) is 213 cm³/mol. The lowest BCUT2D eigenvalue weighted by Gasteiger charge is -2.37. The van der Waals surface area contributed by atoms with Gasteiger partial charge in [0.25, 0.3) is 11.1 Å². The summed E-state index contributed by atoms with van der Waals surface area (Å²) in [4.78, 5) is 54.3. The SMILES string of the molecule is COc1ccc(C(OC[C@H]2O[C@@H](n3cc(C)c(=O)[nH]c3=O)C[C@@H]2CCNNC2OC(n3cc(C)c(=O)[nH]c3=O)CC2O)(c2ccccc2)c2ccc(OC)cc2)cc1. The molecule has 306 valence electrons. The highest BCUT2D eigenvalue weighted by atomic mass is 16.6. The minimum atomic E-state index is -1.12. The highest BCUT2D eigenvalue weighted by molar-refractivity contribution is 5.49. The number of hydrogen-bond acceptors (Lipinski definition) is 12. The maximum absolute atomic E-state index is 13.1. The molecule has 0 amide bonds. The van der Waals surface area contributed by atoms with Crippen LogP contribution in [0.5, 0.6) is 11.5 Å². The van der Waals surface area contributed by atoms with Crippen molar-refractivity contribution in [1.29, 1.82) is 0 Å². The molecule has 3 unspecified atom stereocenters. The molecule has 0 bridgehead atoms. The van der Waals surface area contributed by atoms with Crippen molar-refractivity contribution in [3.8, 4) is 11.5 Å². The fourth-order valence-corrected chi connectivity index (χ4v) is 7.70. The van der Waals surface area contributed by atoms with Crippen LogP contribution < -0.4 is 42.8 Å². The van der Waals surface area contributed by atoms with Gasteiger partial charge in [0.1, 0.15) is 35.8 Å². The van der Waals surface area contributed by atoms with Crippen LogP contribution in [0.4, 0.5) is 0 Å². The number of ether oxygens (including phenoxy) is 5. The van der Waals surface area contributed by atoms with Gasteiger partial charge in [0.2, 0.25) is 0 Å². The van der Waals surface area contributed by atoms with E-state index in [4.69, 9.17) is 23.7 Å². The molecule has 2 aliphatic rings. The third kappa shape index (κ3) is 8.34. The zero-order valence-electron chi connectivity index (χ0n) is 32.7. The molecule has 0 saturated carbocycles. The van der Waals surface area contributed by atoms with Crippen LogP contribution in [0.25, 0.3) is 0 Å². The Kier molecular flexibility index (Phi) is 12.2. The Balaban J connectivity index is 1.14. The molecule has 58 heavy (non-hydrogen) atoms. The van der Waals surface area contributed by atoms with Crippen LogP contribution in [-0.4, -0.2) is 70.0 Å². The minimum Gasteiger partial charge on any atom is -0.497 e. The normalized spacial score (nSPS) is 21.9. The molecule has 16 nitrogen and oxygen atoms in total. The lowest BCUT2D eigenvalue weighted by Crippen LogP contribution is -2.46. The number of aliphatic hydroxyl groups is 1. The van der Waals surface area contributed by atoms with E-state index in [1.165, 1.54) is 21.5 Å². The van der Waals surface area contributed by atoms with Crippen LogP contribution in [0.2, 0.25) is 0 Å². The van der Waals surface area contributed by atoms with Crippen LogP contribution in [0.3, 0.4) is 0 Å². The van der Waals surface area contributed by atoms with Gasteiger partial charge in [-0.15, -0.1) is 0 Å². The van der Waals surface area contributed by atoms with E-state index in [-0.39, 0.29) is 18.9 Å². The first-order chi connectivity index (χ1) is 28.0. The van der Waals surface area contributed by atoms with Crippen LogP contribution >= 0.6 is 0 Å². The van der Waals surface area contributed by atoms with Crippen molar-refractivity contribution in [3.63, 3.8) is 0 Å². The third-order valence-electron chi connectivity index (χ3n) is 10.9. The van der Waals surface area contributed by atoms with Crippen LogP contribution in [-0.2, 0) is 19.8 Å². The van der Waals surface area contributed by atoms with Crippen molar-refractivity contribution in [2.45, 2.75) is 69.6 Å². The number of H-pyrrole nitrogens is 2. The summed E-state index contributed by atoms with van der Waals surface area (Å²) in [5.74, 6) is 1.23. The summed E-state index contributed by atoms with van der Waals surface area (Å²) >= 11 is 0. The van der Waals surface area contributed by atoms with Crippen LogP contribution in [0.15, 0.2) is 110 Å². The largest absolute Gasteiger partial charge is 0.497 e. The van der Waals surface area contributed by atoms with E-state index < -0.39 is 59.0 Å².